The number of carbonyl (C=O) groups is 2. The molecule has 0 saturated carbocycles. The van der Waals surface area contributed by atoms with Gasteiger partial charge >= 0.3 is 0 Å². The third kappa shape index (κ3) is 6.21. The number of pyridine rings is 1. The van der Waals surface area contributed by atoms with Crippen LogP contribution in [-0.2, 0) is 16.0 Å². The molecule has 35 heavy (non-hydrogen) atoms. The van der Waals surface area contributed by atoms with Crippen molar-refractivity contribution in [2.75, 3.05) is 32.2 Å². The molecule has 3 rings (SSSR count). The molecule has 1 aromatic heterocycles. The van der Waals surface area contributed by atoms with Gasteiger partial charge in [-0.3, -0.25) is 9.59 Å². The van der Waals surface area contributed by atoms with Gasteiger partial charge in [-0.2, -0.15) is 5.26 Å². The first-order valence-electron chi connectivity index (χ1n) is 11.7. The molecular weight excluding hydrogens is 446 g/mol. The van der Waals surface area contributed by atoms with Crippen molar-refractivity contribution >= 4 is 17.6 Å². The van der Waals surface area contributed by atoms with E-state index in [0.29, 0.717) is 48.8 Å². The molecule has 0 bridgehead atoms. The van der Waals surface area contributed by atoms with Crippen molar-refractivity contribution < 1.29 is 19.1 Å². The number of aryl methyl sites for hydroxylation is 2. The summed E-state index contributed by atoms with van der Waals surface area (Å²) in [5.41, 5.74) is 3.14. The minimum atomic E-state index is -0.752. The van der Waals surface area contributed by atoms with Gasteiger partial charge in [-0.05, 0) is 44.4 Å². The summed E-state index contributed by atoms with van der Waals surface area (Å²) in [5, 5.41) is 15.5. The summed E-state index contributed by atoms with van der Waals surface area (Å²) in [7, 11) is 3.10. The molecule has 0 radical (unpaired) electrons. The van der Waals surface area contributed by atoms with Gasteiger partial charge in [0.15, 0.2) is 11.5 Å². The third-order valence-corrected chi connectivity index (χ3v) is 6.18. The lowest BCUT2D eigenvalue weighted by Crippen LogP contribution is -2.52. The summed E-state index contributed by atoms with van der Waals surface area (Å²) in [5.74, 6) is 1.28. The van der Waals surface area contributed by atoms with E-state index in [1.54, 1.807) is 20.3 Å². The molecule has 1 aromatic carbocycles. The minimum absolute atomic E-state index is 0.0429. The summed E-state index contributed by atoms with van der Waals surface area (Å²) in [6.07, 6.45) is 1.68. The summed E-state index contributed by atoms with van der Waals surface area (Å²) in [6, 6.07) is 8.85. The van der Waals surface area contributed by atoms with E-state index in [-0.39, 0.29) is 24.3 Å². The highest BCUT2D eigenvalue weighted by atomic mass is 16.5. The summed E-state index contributed by atoms with van der Waals surface area (Å²) in [4.78, 5) is 31.7. The number of ether oxygens (including phenoxy) is 2. The fourth-order valence-corrected chi connectivity index (χ4v) is 4.51. The van der Waals surface area contributed by atoms with E-state index in [4.69, 9.17) is 9.47 Å². The standard InChI is InChI=1S/C26H33N5O4/c1-16-13-17(2)28-25(21(16)15-27)31-11-9-20(10-12-31)30-26(33)22(29-18(3)32)14-19-7-6-8-23(34-4)24(19)35-5/h6-8,13,20,22H,9-12,14H2,1-5H3,(H,29,32)(H,30,33)/t22-/m1/s1. The summed E-state index contributed by atoms with van der Waals surface area (Å²) in [6.45, 7) is 6.58. The van der Waals surface area contributed by atoms with E-state index in [1.807, 2.05) is 32.0 Å². The van der Waals surface area contributed by atoms with Crippen LogP contribution in [0.25, 0.3) is 0 Å². The topological polar surface area (TPSA) is 117 Å². The quantitative estimate of drug-likeness (QED) is 0.597. The number of para-hydroxylation sites is 1. The van der Waals surface area contributed by atoms with Crippen LogP contribution < -0.4 is 25.0 Å². The summed E-state index contributed by atoms with van der Waals surface area (Å²) < 4.78 is 10.8. The van der Waals surface area contributed by atoms with Gasteiger partial charge < -0.3 is 25.0 Å². The average molecular weight is 480 g/mol. The van der Waals surface area contributed by atoms with Crippen LogP contribution in [0.4, 0.5) is 5.82 Å². The second-order valence-corrected chi connectivity index (χ2v) is 8.77. The number of rotatable bonds is 8. The molecule has 0 aliphatic carbocycles. The molecule has 186 valence electrons. The van der Waals surface area contributed by atoms with Crippen molar-refractivity contribution in [1.29, 1.82) is 5.26 Å². The first-order chi connectivity index (χ1) is 16.8. The number of hydrogen-bond donors (Lipinski definition) is 2. The molecule has 9 nitrogen and oxygen atoms in total. The number of benzene rings is 1. The molecule has 1 fully saturated rings. The molecule has 9 heteroatoms. The Balaban J connectivity index is 1.68. The molecule has 2 aromatic rings. The van der Waals surface area contributed by atoms with Gasteiger partial charge in [-0.25, -0.2) is 4.98 Å². The maximum Gasteiger partial charge on any atom is 0.243 e. The van der Waals surface area contributed by atoms with E-state index in [9.17, 15) is 14.9 Å². The highest BCUT2D eigenvalue weighted by Gasteiger charge is 2.28. The first kappa shape index (κ1) is 25.8. The predicted molar refractivity (Wildman–Crippen MR) is 133 cm³/mol. The van der Waals surface area contributed by atoms with Crippen LogP contribution in [-0.4, -0.2) is 56.2 Å². The van der Waals surface area contributed by atoms with Gasteiger partial charge in [-0.15, -0.1) is 0 Å². The molecule has 0 spiro atoms. The number of amides is 2. The normalized spacial score (nSPS) is 14.6. The number of nitrogens with zero attached hydrogens (tertiary/aromatic N) is 3. The van der Waals surface area contributed by atoms with Crippen molar-refractivity contribution in [3.63, 3.8) is 0 Å². The van der Waals surface area contributed by atoms with Crippen molar-refractivity contribution in [1.82, 2.24) is 15.6 Å². The maximum atomic E-state index is 13.2. The fraction of sp³-hybridized carbons (Fsp3) is 0.462. The van der Waals surface area contributed by atoms with Crippen LogP contribution >= 0.6 is 0 Å². The van der Waals surface area contributed by atoms with Crippen molar-refractivity contribution in [3.8, 4) is 17.6 Å². The van der Waals surface area contributed by atoms with Crippen LogP contribution in [0.3, 0.4) is 0 Å². The zero-order chi connectivity index (χ0) is 25.5. The zero-order valence-corrected chi connectivity index (χ0v) is 21.0. The fourth-order valence-electron chi connectivity index (χ4n) is 4.51. The Hall–Kier alpha value is -3.80. The number of hydrogen-bond acceptors (Lipinski definition) is 7. The van der Waals surface area contributed by atoms with E-state index < -0.39 is 6.04 Å². The lowest BCUT2D eigenvalue weighted by Gasteiger charge is -2.34. The number of nitriles is 1. The minimum Gasteiger partial charge on any atom is -0.493 e. The maximum absolute atomic E-state index is 13.2. The lowest BCUT2D eigenvalue weighted by atomic mass is 10.0. The van der Waals surface area contributed by atoms with Crippen LogP contribution in [0.5, 0.6) is 11.5 Å². The molecule has 1 aliphatic rings. The Labute approximate surface area is 206 Å². The highest BCUT2D eigenvalue weighted by molar-refractivity contribution is 5.87. The van der Waals surface area contributed by atoms with E-state index in [0.717, 1.165) is 16.8 Å². The molecular formula is C26H33N5O4. The number of piperidine rings is 1. The molecule has 1 aliphatic heterocycles. The second-order valence-electron chi connectivity index (χ2n) is 8.77. The second kappa shape index (κ2) is 11.6. The van der Waals surface area contributed by atoms with Crippen LogP contribution in [0.1, 0.15) is 42.1 Å². The van der Waals surface area contributed by atoms with Crippen LogP contribution in [0.15, 0.2) is 24.3 Å². The largest absolute Gasteiger partial charge is 0.493 e. The average Bonchev–Trinajstić information content (AvgIpc) is 2.83. The van der Waals surface area contributed by atoms with Gasteiger partial charge in [-0.1, -0.05) is 12.1 Å². The highest BCUT2D eigenvalue weighted by Crippen LogP contribution is 2.31. The van der Waals surface area contributed by atoms with Gasteiger partial charge in [0, 0.05) is 43.7 Å². The van der Waals surface area contributed by atoms with E-state index in [2.05, 4.69) is 26.6 Å². The number of nitrogens with one attached hydrogen (secondary N) is 2. The Kier molecular flexibility index (Phi) is 8.53. The Morgan fingerprint density at radius 2 is 1.94 bits per heavy atom. The number of carbonyl (C=O) groups excluding carboxylic acids is 2. The molecule has 2 heterocycles. The van der Waals surface area contributed by atoms with Gasteiger partial charge in [0.2, 0.25) is 11.8 Å². The SMILES string of the molecule is COc1cccc(C[C@@H](NC(C)=O)C(=O)NC2CCN(c3nc(C)cc(C)c3C#N)CC2)c1OC. The van der Waals surface area contributed by atoms with E-state index in [1.165, 1.54) is 6.92 Å². The lowest BCUT2D eigenvalue weighted by molar-refractivity contribution is -0.128. The molecule has 1 saturated heterocycles. The number of methoxy groups -OCH3 is 2. The van der Waals surface area contributed by atoms with Crippen LogP contribution in [0.2, 0.25) is 0 Å². The van der Waals surface area contributed by atoms with Crippen molar-refractivity contribution in [2.45, 2.75) is 52.1 Å². The van der Waals surface area contributed by atoms with Gasteiger partial charge in [0.25, 0.3) is 0 Å². The van der Waals surface area contributed by atoms with E-state index >= 15 is 0 Å². The van der Waals surface area contributed by atoms with Gasteiger partial charge in [0.1, 0.15) is 17.9 Å². The first-order valence-corrected chi connectivity index (χ1v) is 11.7. The smallest absolute Gasteiger partial charge is 0.243 e. The Morgan fingerprint density at radius 1 is 1.23 bits per heavy atom. The summed E-state index contributed by atoms with van der Waals surface area (Å²) >= 11 is 0. The third-order valence-electron chi connectivity index (χ3n) is 6.18. The van der Waals surface area contributed by atoms with Gasteiger partial charge in [0.05, 0.1) is 19.8 Å². The van der Waals surface area contributed by atoms with Crippen molar-refractivity contribution in [2.24, 2.45) is 0 Å². The van der Waals surface area contributed by atoms with Crippen molar-refractivity contribution in [3.05, 3.63) is 46.6 Å². The molecule has 1 atom stereocenters. The predicted octanol–water partition coefficient (Wildman–Crippen LogP) is 2.42. The van der Waals surface area contributed by atoms with Crippen LogP contribution in [0, 0.1) is 25.2 Å². The molecule has 0 unspecified atom stereocenters. The Morgan fingerprint density at radius 3 is 2.54 bits per heavy atom. The Bertz CT molecular complexity index is 1120. The molecule has 2 amide bonds. The number of anilines is 1. The monoisotopic (exact) mass is 479 g/mol. The number of aromatic nitrogens is 1. The zero-order valence-electron chi connectivity index (χ0n) is 21.0. The molecule has 2 N–H and O–H groups in total.